The molecule has 1 heterocycles. The fourth-order valence-electron chi connectivity index (χ4n) is 5.39. The smallest absolute Gasteiger partial charge is 0.337 e. The van der Waals surface area contributed by atoms with Crippen LogP contribution in [0.4, 0.5) is 0 Å². The van der Waals surface area contributed by atoms with E-state index in [1.54, 1.807) is 19.1 Å². The molecule has 1 aromatic rings. The number of carbonyl (C=O) groups is 3. The molecule has 0 radical (unpaired) electrons. The molecule has 1 saturated carbocycles. The molecule has 0 bridgehead atoms. The summed E-state index contributed by atoms with van der Waals surface area (Å²) >= 11 is 0. The predicted octanol–water partition coefficient (Wildman–Crippen LogP) is 3.50. The van der Waals surface area contributed by atoms with E-state index in [1.807, 2.05) is 6.92 Å². The van der Waals surface area contributed by atoms with Gasteiger partial charge in [-0.05, 0) is 62.6 Å². The number of Topliss-reactive ketones (excluding diaryl/α,β-unsaturated/α-hetero) is 1. The third-order valence-corrected chi connectivity index (χ3v) is 7.08. The number of ketones is 1. The van der Waals surface area contributed by atoms with Crippen molar-refractivity contribution in [3.8, 4) is 11.5 Å². The molecule has 1 aromatic carbocycles. The van der Waals surface area contributed by atoms with Gasteiger partial charge in [-0.2, -0.15) is 0 Å². The molecule has 8 heteroatoms. The number of ether oxygens (including phenoxy) is 3. The minimum atomic E-state index is -0.967. The van der Waals surface area contributed by atoms with Crippen molar-refractivity contribution in [1.82, 2.24) is 5.32 Å². The fraction of sp³-hybridized carbons (Fsp3) is 0.500. The molecule has 2 N–H and O–H groups in total. The van der Waals surface area contributed by atoms with E-state index >= 15 is 0 Å². The largest absolute Gasteiger partial charge is 0.504 e. The number of hydrogen-bond acceptors (Lipinski definition) is 8. The van der Waals surface area contributed by atoms with E-state index in [4.69, 9.17) is 14.2 Å². The van der Waals surface area contributed by atoms with Crippen molar-refractivity contribution in [2.75, 3.05) is 14.2 Å². The highest BCUT2D eigenvalue weighted by Crippen LogP contribution is 2.47. The number of dihydropyridines is 1. The molecule has 3 atom stereocenters. The molecule has 3 aliphatic rings. The van der Waals surface area contributed by atoms with Crippen LogP contribution in [0.25, 0.3) is 0 Å². The minimum Gasteiger partial charge on any atom is -0.504 e. The summed E-state index contributed by atoms with van der Waals surface area (Å²) in [6.45, 7) is 3.62. The first kappa shape index (κ1) is 23.9. The van der Waals surface area contributed by atoms with Gasteiger partial charge in [0.2, 0.25) is 0 Å². The molecule has 1 aliphatic heterocycles. The molecule has 34 heavy (non-hydrogen) atoms. The first-order valence-electron chi connectivity index (χ1n) is 11.7. The van der Waals surface area contributed by atoms with E-state index in [9.17, 15) is 19.5 Å². The highest BCUT2D eigenvalue weighted by atomic mass is 16.5. The SMILES string of the molecule is COC(=O)C1C(=O)C2=C(CC1C)NC(C)=C(C(=O)OC1CCCC1)C2c1ccc(OC)c(O)c1. The normalized spacial score (nSPS) is 25.1. The number of esters is 2. The van der Waals surface area contributed by atoms with Crippen molar-refractivity contribution in [2.45, 2.75) is 58.0 Å². The van der Waals surface area contributed by atoms with Crippen LogP contribution < -0.4 is 10.1 Å². The van der Waals surface area contributed by atoms with Gasteiger partial charge in [0.1, 0.15) is 12.0 Å². The maximum Gasteiger partial charge on any atom is 0.337 e. The lowest BCUT2D eigenvalue weighted by Crippen LogP contribution is -2.43. The van der Waals surface area contributed by atoms with E-state index in [-0.39, 0.29) is 29.3 Å². The fourth-order valence-corrected chi connectivity index (χ4v) is 5.39. The molecule has 8 nitrogen and oxygen atoms in total. The summed E-state index contributed by atoms with van der Waals surface area (Å²) in [5.41, 5.74) is 2.45. The summed E-state index contributed by atoms with van der Waals surface area (Å²) in [5.74, 6) is -3.34. The number of rotatable bonds is 5. The van der Waals surface area contributed by atoms with Crippen molar-refractivity contribution in [3.63, 3.8) is 0 Å². The van der Waals surface area contributed by atoms with Crippen LogP contribution in [0, 0.1) is 11.8 Å². The predicted molar refractivity (Wildman–Crippen MR) is 123 cm³/mol. The van der Waals surface area contributed by atoms with Crippen LogP contribution in [0.3, 0.4) is 0 Å². The summed E-state index contributed by atoms with van der Waals surface area (Å²) < 4.78 is 15.9. The lowest BCUT2D eigenvalue weighted by atomic mass is 9.69. The molecule has 2 aliphatic carbocycles. The van der Waals surface area contributed by atoms with E-state index in [0.29, 0.717) is 34.5 Å². The molecular formula is C26H31NO7. The third kappa shape index (κ3) is 4.17. The van der Waals surface area contributed by atoms with Gasteiger partial charge in [-0.15, -0.1) is 0 Å². The number of carbonyl (C=O) groups excluding carboxylic acids is 3. The molecule has 0 amide bonds. The van der Waals surface area contributed by atoms with Gasteiger partial charge in [0, 0.05) is 22.9 Å². The Kier molecular flexibility index (Phi) is 6.68. The van der Waals surface area contributed by atoms with Gasteiger partial charge in [-0.1, -0.05) is 13.0 Å². The topological polar surface area (TPSA) is 111 Å². The van der Waals surface area contributed by atoms with E-state index in [0.717, 1.165) is 25.7 Å². The average molecular weight is 470 g/mol. The highest BCUT2D eigenvalue weighted by Gasteiger charge is 2.47. The Balaban J connectivity index is 1.83. The second kappa shape index (κ2) is 9.52. The second-order valence-electron chi connectivity index (χ2n) is 9.28. The molecular weight excluding hydrogens is 438 g/mol. The minimum absolute atomic E-state index is 0.108. The molecule has 0 saturated heterocycles. The number of hydrogen-bond donors (Lipinski definition) is 2. The van der Waals surface area contributed by atoms with E-state index in [1.165, 1.54) is 20.3 Å². The molecule has 1 fully saturated rings. The van der Waals surface area contributed by atoms with Crippen molar-refractivity contribution < 1.29 is 33.7 Å². The second-order valence-corrected chi connectivity index (χ2v) is 9.28. The van der Waals surface area contributed by atoms with Gasteiger partial charge >= 0.3 is 11.9 Å². The van der Waals surface area contributed by atoms with Gasteiger partial charge in [0.15, 0.2) is 17.3 Å². The van der Waals surface area contributed by atoms with E-state index in [2.05, 4.69) is 5.32 Å². The van der Waals surface area contributed by atoms with Gasteiger partial charge in [-0.3, -0.25) is 9.59 Å². The maximum atomic E-state index is 13.7. The van der Waals surface area contributed by atoms with Crippen LogP contribution in [0.1, 0.15) is 57.4 Å². The Morgan fingerprint density at radius 2 is 1.85 bits per heavy atom. The highest BCUT2D eigenvalue weighted by molar-refractivity contribution is 6.12. The van der Waals surface area contributed by atoms with Gasteiger partial charge in [0.25, 0.3) is 0 Å². The maximum absolute atomic E-state index is 13.7. The van der Waals surface area contributed by atoms with Crippen molar-refractivity contribution in [2.24, 2.45) is 11.8 Å². The zero-order chi connectivity index (χ0) is 24.6. The molecule has 182 valence electrons. The first-order valence-corrected chi connectivity index (χ1v) is 11.7. The Hall–Kier alpha value is -3.29. The number of phenols is 1. The molecule has 0 spiro atoms. The van der Waals surface area contributed by atoms with Crippen LogP contribution in [0.5, 0.6) is 11.5 Å². The summed E-state index contributed by atoms with van der Waals surface area (Å²) in [5, 5.41) is 13.7. The van der Waals surface area contributed by atoms with Crippen LogP contribution in [0.2, 0.25) is 0 Å². The van der Waals surface area contributed by atoms with Gasteiger partial charge < -0.3 is 24.6 Å². The zero-order valence-corrected chi connectivity index (χ0v) is 20.0. The Morgan fingerprint density at radius 1 is 1.15 bits per heavy atom. The Bertz CT molecular complexity index is 1080. The van der Waals surface area contributed by atoms with Gasteiger partial charge in [0.05, 0.1) is 19.8 Å². The quantitative estimate of drug-likeness (QED) is 0.498. The lowest BCUT2D eigenvalue weighted by molar-refractivity contribution is -0.151. The number of phenolic OH excluding ortho intramolecular Hbond substituents is 1. The number of benzene rings is 1. The van der Waals surface area contributed by atoms with Crippen molar-refractivity contribution in [1.29, 1.82) is 0 Å². The molecule has 0 aromatic heterocycles. The third-order valence-electron chi connectivity index (χ3n) is 7.08. The number of allylic oxidation sites excluding steroid dienone is 3. The molecule has 4 rings (SSSR count). The van der Waals surface area contributed by atoms with Crippen LogP contribution in [0.15, 0.2) is 40.7 Å². The first-order chi connectivity index (χ1) is 16.3. The summed E-state index contributed by atoms with van der Waals surface area (Å²) in [6.07, 6.45) is 3.94. The average Bonchev–Trinajstić information content (AvgIpc) is 3.30. The van der Waals surface area contributed by atoms with Crippen LogP contribution in [-0.2, 0) is 23.9 Å². The standard InChI is InChI=1S/C26H31NO7/c1-13-11-17-23(24(29)20(13)25(30)33-4)22(15-9-10-19(32-3)18(28)12-15)21(14(2)27-17)26(31)34-16-7-5-6-8-16/h9-10,12-13,16,20,22,27-28H,5-8,11H2,1-4H3. The van der Waals surface area contributed by atoms with Crippen molar-refractivity contribution in [3.05, 3.63) is 46.3 Å². The lowest BCUT2D eigenvalue weighted by Gasteiger charge is -2.38. The Labute approximate surface area is 199 Å². The van der Waals surface area contributed by atoms with E-state index < -0.39 is 23.8 Å². The number of methoxy groups -OCH3 is 2. The van der Waals surface area contributed by atoms with Crippen molar-refractivity contribution >= 4 is 17.7 Å². The molecule has 3 unspecified atom stereocenters. The monoisotopic (exact) mass is 469 g/mol. The summed E-state index contributed by atoms with van der Waals surface area (Å²) in [4.78, 5) is 39.7. The van der Waals surface area contributed by atoms with Gasteiger partial charge in [-0.25, -0.2) is 4.79 Å². The number of aromatic hydroxyl groups is 1. The number of nitrogens with one attached hydrogen (secondary N) is 1. The summed E-state index contributed by atoms with van der Waals surface area (Å²) in [7, 11) is 2.71. The Morgan fingerprint density at radius 3 is 2.47 bits per heavy atom. The van der Waals surface area contributed by atoms with Crippen LogP contribution >= 0.6 is 0 Å². The zero-order valence-electron chi connectivity index (χ0n) is 20.0. The van der Waals surface area contributed by atoms with Crippen LogP contribution in [-0.4, -0.2) is 43.2 Å². The summed E-state index contributed by atoms with van der Waals surface area (Å²) in [6, 6.07) is 4.80.